The summed E-state index contributed by atoms with van der Waals surface area (Å²) >= 11 is 0. The number of benzene rings is 4. The van der Waals surface area contributed by atoms with Crippen molar-refractivity contribution in [2.45, 2.75) is 18.9 Å². The number of aliphatic hydroxyl groups is 2. The first kappa shape index (κ1) is 24.7. The molecule has 7 rings (SSSR count). The van der Waals surface area contributed by atoms with E-state index in [2.05, 4.69) is 0 Å². The Hall–Kier alpha value is -5.34. The second kappa shape index (κ2) is 8.33. The molecule has 2 aliphatic rings. The summed E-state index contributed by atoms with van der Waals surface area (Å²) in [5, 5.41) is 35.4. The molecule has 8 heteroatoms. The van der Waals surface area contributed by atoms with Gasteiger partial charge in [0.15, 0.2) is 5.60 Å². The molecular weight excluding hydrogens is 524 g/mol. The number of fused-ring (bicyclic) bond motifs is 8. The lowest BCUT2D eigenvalue weighted by atomic mass is 9.73. The number of allylic oxidation sites excluding steroid dienone is 1. The van der Waals surface area contributed by atoms with Crippen molar-refractivity contribution in [2.24, 2.45) is 0 Å². The van der Waals surface area contributed by atoms with Gasteiger partial charge in [-0.15, -0.1) is 0 Å². The van der Waals surface area contributed by atoms with Crippen molar-refractivity contribution < 1.29 is 38.9 Å². The number of carbonyl (C=O) groups is 4. The fourth-order valence-corrected chi connectivity index (χ4v) is 6.15. The van der Waals surface area contributed by atoms with E-state index in [9.17, 15) is 34.5 Å². The van der Waals surface area contributed by atoms with Crippen LogP contribution >= 0.6 is 0 Å². The van der Waals surface area contributed by atoms with Crippen molar-refractivity contribution in [1.29, 1.82) is 0 Å². The number of ketones is 4. The second-order valence-electron chi connectivity index (χ2n) is 10.3. The molecule has 0 aliphatic heterocycles. The van der Waals surface area contributed by atoms with Crippen LogP contribution in [0.2, 0.25) is 0 Å². The van der Waals surface area contributed by atoms with Crippen molar-refractivity contribution in [2.75, 3.05) is 0 Å². The Bertz CT molecular complexity index is 2090. The molecule has 3 N–H and O–H groups in total. The Morgan fingerprint density at radius 1 is 0.780 bits per heavy atom. The van der Waals surface area contributed by atoms with E-state index in [1.807, 2.05) is 0 Å². The van der Waals surface area contributed by atoms with Crippen LogP contribution in [0.25, 0.3) is 44.4 Å². The maximum atomic E-state index is 14.2. The van der Waals surface area contributed by atoms with Gasteiger partial charge < -0.3 is 19.7 Å². The molecule has 1 aromatic heterocycles. The highest BCUT2D eigenvalue weighted by atomic mass is 16.3. The lowest BCUT2D eigenvalue weighted by molar-refractivity contribution is -0.120. The second-order valence-corrected chi connectivity index (χ2v) is 10.3. The third kappa shape index (κ3) is 3.13. The summed E-state index contributed by atoms with van der Waals surface area (Å²) in [6, 6.07) is 19.1. The van der Waals surface area contributed by atoms with Gasteiger partial charge in [-0.2, -0.15) is 0 Å². The third-order valence-corrected chi connectivity index (χ3v) is 7.89. The van der Waals surface area contributed by atoms with Gasteiger partial charge in [0, 0.05) is 50.4 Å². The molecule has 0 amide bonds. The predicted molar refractivity (Wildman–Crippen MR) is 150 cm³/mol. The highest BCUT2D eigenvalue weighted by Gasteiger charge is 2.49. The zero-order chi connectivity index (χ0) is 28.8. The minimum absolute atomic E-state index is 0.00494. The molecule has 1 atom stereocenters. The van der Waals surface area contributed by atoms with E-state index in [1.54, 1.807) is 54.6 Å². The Balaban J connectivity index is 1.70. The smallest absolute Gasteiger partial charge is 0.238 e. The Labute approximate surface area is 231 Å². The molecule has 0 unspecified atom stereocenters. The average Bonchev–Trinajstić information content (AvgIpc) is 3.37. The van der Waals surface area contributed by atoms with E-state index >= 15 is 0 Å². The van der Waals surface area contributed by atoms with Gasteiger partial charge in [-0.3, -0.25) is 19.2 Å². The maximum absolute atomic E-state index is 14.2. The molecule has 0 bridgehead atoms. The number of Topliss-reactive ketones (excluding diaryl/α,β-unsaturated/α-hetero) is 4. The minimum Gasteiger partial charge on any atom is -0.507 e. The van der Waals surface area contributed by atoms with Crippen molar-refractivity contribution >= 4 is 56.2 Å². The Kier molecular flexibility index (Phi) is 5.01. The summed E-state index contributed by atoms with van der Waals surface area (Å²) < 4.78 is 6.32. The average molecular weight is 545 g/mol. The van der Waals surface area contributed by atoms with Crippen LogP contribution in [-0.4, -0.2) is 38.5 Å². The highest BCUT2D eigenvalue weighted by molar-refractivity contribution is 6.63. The van der Waals surface area contributed by atoms with Crippen LogP contribution in [-0.2, 0) is 15.2 Å². The van der Waals surface area contributed by atoms with Crippen molar-refractivity contribution in [1.82, 2.24) is 0 Å². The number of phenolic OH excluding ortho intramolecular Hbond substituents is 1. The van der Waals surface area contributed by atoms with Gasteiger partial charge in [0.05, 0.1) is 11.1 Å². The number of hydrogen-bond donors (Lipinski definition) is 3. The van der Waals surface area contributed by atoms with Gasteiger partial charge in [0.2, 0.25) is 17.3 Å². The number of aromatic hydroxyl groups is 1. The number of carbonyl (C=O) groups excluding carboxylic acids is 4. The number of aliphatic hydroxyl groups excluding tert-OH is 1. The molecule has 41 heavy (non-hydrogen) atoms. The van der Waals surface area contributed by atoms with E-state index in [0.717, 1.165) is 0 Å². The van der Waals surface area contributed by atoms with Crippen LogP contribution in [0.5, 0.6) is 5.75 Å². The van der Waals surface area contributed by atoms with E-state index in [0.29, 0.717) is 10.9 Å². The van der Waals surface area contributed by atoms with Crippen molar-refractivity contribution in [3.63, 3.8) is 0 Å². The number of phenols is 1. The monoisotopic (exact) mass is 544 g/mol. The van der Waals surface area contributed by atoms with Gasteiger partial charge in [-0.05, 0) is 6.92 Å². The normalized spacial score (nSPS) is 18.0. The fourth-order valence-electron chi connectivity index (χ4n) is 6.15. The number of hydrogen-bond acceptors (Lipinski definition) is 8. The van der Waals surface area contributed by atoms with Gasteiger partial charge >= 0.3 is 0 Å². The molecule has 5 aromatic rings. The predicted octanol–water partition coefficient (Wildman–Crippen LogP) is 5.51. The number of rotatable bonds is 3. The van der Waals surface area contributed by atoms with Crippen LogP contribution in [0, 0.1) is 0 Å². The van der Waals surface area contributed by atoms with Crippen molar-refractivity contribution in [3.05, 3.63) is 101 Å². The molecule has 0 saturated carbocycles. The maximum Gasteiger partial charge on any atom is 0.238 e. The van der Waals surface area contributed by atoms with Gasteiger partial charge in [-0.25, -0.2) is 0 Å². The van der Waals surface area contributed by atoms with Crippen LogP contribution in [0.4, 0.5) is 0 Å². The summed E-state index contributed by atoms with van der Waals surface area (Å²) in [5.74, 6) is -4.21. The molecule has 8 nitrogen and oxygen atoms in total. The summed E-state index contributed by atoms with van der Waals surface area (Å²) in [6.45, 7) is 1.26. The molecule has 0 radical (unpaired) electrons. The SMILES string of the molecule is CC(=O)C[C@@]1(O)C(=O)c2c(oc3c2c(C2=C(O)c4ccccc4C(=O)C2=O)c(O)c2ccccc23)-c2ccccc21. The standard InChI is InChI=1S/C33H20O8/c1-15(34)14-33(40)21-13-7-6-12-20(21)31-25(32(33)39)23-22(26(35)18-10-4-5-11-19(18)30(23)41-31)24-27(36)16-8-2-3-9-17(16)28(37)29(24)38/h2-13,35-36,40H,14H2,1H3/t33-/m0/s1. The van der Waals surface area contributed by atoms with Crippen LogP contribution < -0.4 is 0 Å². The lowest BCUT2D eigenvalue weighted by Crippen LogP contribution is -2.40. The summed E-state index contributed by atoms with van der Waals surface area (Å²) in [7, 11) is 0. The third-order valence-electron chi connectivity index (χ3n) is 7.89. The van der Waals surface area contributed by atoms with Crippen LogP contribution in [0.15, 0.2) is 77.2 Å². The van der Waals surface area contributed by atoms with Crippen LogP contribution in [0.3, 0.4) is 0 Å². The largest absolute Gasteiger partial charge is 0.507 e. The van der Waals surface area contributed by atoms with Gasteiger partial charge in [0.1, 0.15) is 28.6 Å². The van der Waals surface area contributed by atoms with Crippen molar-refractivity contribution in [3.8, 4) is 17.1 Å². The molecular formula is C33H20O8. The van der Waals surface area contributed by atoms with E-state index in [1.165, 1.54) is 25.1 Å². The molecule has 2 aliphatic carbocycles. The Morgan fingerprint density at radius 3 is 2.10 bits per heavy atom. The zero-order valence-electron chi connectivity index (χ0n) is 21.5. The first-order chi connectivity index (χ1) is 19.6. The quantitative estimate of drug-likeness (QED) is 0.252. The van der Waals surface area contributed by atoms with Crippen LogP contribution in [0.1, 0.15) is 50.8 Å². The minimum atomic E-state index is -2.26. The molecule has 0 spiro atoms. The van der Waals surface area contributed by atoms with Gasteiger partial charge in [0.25, 0.3) is 0 Å². The fraction of sp³-hybridized carbons (Fsp3) is 0.0909. The zero-order valence-corrected chi connectivity index (χ0v) is 21.5. The lowest BCUT2D eigenvalue weighted by Gasteiger charge is -2.31. The number of furan rings is 1. The molecule has 0 fully saturated rings. The Morgan fingerprint density at radius 2 is 1.39 bits per heavy atom. The molecule has 1 heterocycles. The van der Waals surface area contributed by atoms with E-state index < -0.39 is 52.2 Å². The first-order valence-electron chi connectivity index (χ1n) is 12.8. The molecule has 200 valence electrons. The molecule has 0 saturated heterocycles. The summed E-state index contributed by atoms with van der Waals surface area (Å²) in [4.78, 5) is 53.3. The topological polar surface area (TPSA) is 142 Å². The summed E-state index contributed by atoms with van der Waals surface area (Å²) in [6.07, 6.45) is -0.525. The van der Waals surface area contributed by atoms with Gasteiger partial charge in [-0.1, -0.05) is 72.8 Å². The first-order valence-corrected chi connectivity index (χ1v) is 12.8. The highest BCUT2D eigenvalue weighted by Crippen LogP contribution is 2.53. The van der Waals surface area contributed by atoms with E-state index in [4.69, 9.17) is 4.42 Å². The molecule has 4 aromatic carbocycles. The summed E-state index contributed by atoms with van der Waals surface area (Å²) in [5.41, 5.74) is -2.46. The van der Waals surface area contributed by atoms with E-state index in [-0.39, 0.29) is 49.9 Å².